The number of hydrogen-bond acceptors (Lipinski definition) is 7. The monoisotopic (exact) mass is 798 g/mol. The van der Waals surface area contributed by atoms with Crippen molar-refractivity contribution in [3.8, 4) is 17.2 Å². The van der Waals surface area contributed by atoms with Gasteiger partial charge in [0.2, 0.25) is 0 Å². The van der Waals surface area contributed by atoms with Gasteiger partial charge in [-0.25, -0.2) is 8.78 Å². The number of rotatable bonds is 16. The van der Waals surface area contributed by atoms with Gasteiger partial charge in [-0.1, -0.05) is 127 Å². The molecule has 0 radical (unpaired) electrons. The van der Waals surface area contributed by atoms with Crippen molar-refractivity contribution in [3.05, 3.63) is 196 Å². The van der Waals surface area contributed by atoms with Crippen LogP contribution in [0.2, 0.25) is 0 Å². The highest BCUT2D eigenvalue weighted by Gasteiger charge is 2.60. The fourth-order valence-corrected chi connectivity index (χ4v) is 7.51. The van der Waals surface area contributed by atoms with E-state index in [0.717, 1.165) is 38.9 Å². The standard InChI is InChI=1S/C50H48F2O7/c1-35-26-44(56-31-37-16-8-3-9-17-37)42(29-41(35)27-40-22-23-43-45(28-40)55-25-24-54-43)47-48(57-32-38-18-10-4-11-19-38)49(58-33-39-20-12-5-13-21-39)50(51,52)46(59-47)34-53-30-36-14-6-2-7-15-36/h2-23,26,28-29,46-49H,24-25,27,30-34H2,1H3/t46-,47+,48+,49-/m1/s1. The molecule has 8 rings (SSSR count). The van der Waals surface area contributed by atoms with Crippen LogP contribution < -0.4 is 14.2 Å². The molecule has 0 unspecified atom stereocenters. The van der Waals surface area contributed by atoms with E-state index in [1.54, 1.807) is 0 Å². The molecule has 4 atom stereocenters. The van der Waals surface area contributed by atoms with Crippen LogP contribution in [0.3, 0.4) is 0 Å². The third kappa shape index (κ3) is 10.0. The maximum atomic E-state index is 17.2. The summed E-state index contributed by atoms with van der Waals surface area (Å²) in [4.78, 5) is 0. The fourth-order valence-electron chi connectivity index (χ4n) is 7.51. The van der Waals surface area contributed by atoms with Crippen molar-refractivity contribution in [2.24, 2.45) is 0 Å². The van der Waals surface area contributed by atoms with Crippen LogP contribution in [0.1, 0.15) is 50.6 Å². The van der Waals surface area contributed by atoms with Gasteiger partial charge in [-0.3, -0.25) is 0 Å². The SMILES string of the molecule is Cc1cc(OCc2ccccc2)c([C@@H]2O[C@H](COCc3ccccc3)C(F)(F)[C@H](OCc3ccccc3)[C@H]2OCc2ccccc2)cc1Cc1ccc2c(c1)OCCO2. The van der Waals surface area contributed by atoms with E-state index in [0.29, 0.717) is 42.4 Å². The first-order valence-corrected chi connectivity index (χ1v) is 20.1. The summed E-state index contributed by atoms with van der Waals surface area (Å²) in [5.41, 5.74) is 6.92. The molecule has 0 bridgehead atoms. The van der Waals surface area contributed by atoms with Gasteiger partial charge in [-0.05, 0) is 76.6 Å². The molecule has 304 valence electrons. The van der Waals surface area contributed by atoms with Crippen LogP contribution in [0.5, 0.6) is 17.2 Å². The second-order valence-electron chi connectivity index (χ2n) is 14.9. The van der Waals surface area contributed by atoms with Crippen molar-refractivity contribution < 1.29 is 41.9 Å². The molecule has 0 aromatic heterocycles. The molecular formula is C50H48F2O7. The smallest absolute Gasteiger partial charge is 0.304 e. The quantitative estimate of drug-likeness (QED) is 0.0966. The van der Waals surface area contributed by atoms with E-state index in [-0.39, 0.29) is 33.0 Å². The van der Waals surface area contributed by atoms with Crippen LogP contribution in [-0.2, 0) is 51.8 Å². The Kier molecular flexibility index (Phi) is 12.9. The lowest BCUT2D eigenvalue weighted by molar-refractivity contribution is -0.320. The van der Waals surface area contributed by atoms with E-state index in [1.807, 2.05) is 159 Å². The highest BCUT2D eigenvalue weighted by Crippen LogP contribution is 2.47. The Bertz CT molecular complexity index is 2240. The second-order valence-corrected chi connectivity index (χ2v) is 14.9. The molecule has 7 nitrogen and oxygen atoms in total. The fraction of sp³-hybridized carbons (Fsp3) is 0.280. The Hall–Kier alpha value is -5.58. The van der Waals surface area contributed by atoms with Crippen molar-refractivity contribution >= 4 is 0 Å². The lowest BCUT2D eigenvalue weighted by Crippen LogP contribution is -2.61. The van der Waals surface area contributed by atoms with Gasteiger partial charge in [-0.15, -0.1) is 0 Å². The molecule has 0 aliphatic carbocycles. The predicted molar refractivity (Wildman–Crippen MR) is 221 cm³/mol. The van der Waals surface area contributed by atoms with Crippen LogP contribution >= 0.6 is 0 Å². The van der Waals surface area contributed by atoms with Crippen LogP contribution in [0.15, 0.2) is 152 Å². The molecule has 6 aromatic rings. The Morgan fingerprint density at radius 1 is 0.593 bits per heavy atom. The molecule has 59 heavy (non-hydrogen) atoms. The van der Waals surface area contributed by atoms with Gasteiger partial charge in [0.05, 0.1) is 26.4 Å². The van der Waals surface area contributed by atoms with Crippen LogP contribution in [-0.4, -0.2) is 44.1 Å². The summed E-state index contributed by atoms with van der Waals surface area (Å²) < 4.78 is 78.3. The largest absolute Gasteiger partial charge is 0.489 e. The molecule has 2 heterocycles. The molecule has 0 saturated carbocycles. The van der Waals surface area contributed by atoms with Gasteiger partial charge in [0, 0.05) is 5.56 Å². The Morgan fingerprint density at radius 2 is 1.15 bits per heavy atom. The summed E-state index contributed by atoms with van der Waals surface area (Å²) in [7, 11) is 0. The molecule has 9 heteroatoms. The summed E-state index contributed by atoms with van der Waals surface area (Å²) in [6, 6.07) is 48.0. The lowest BCUT2D eigenvalue weighted by Gasteiger charge is -2.46. The van der Waals surface area contributed by atoms with E-state index in [1.165, 1.54) is 0 Å². The number of halogens is 2. The first-order valence-electron chi connectivity index (χ1n) is 20.1. The summed E-state index contributed by atoms with van der Waals surface area (Å²) in [5, 5.41) is 0. The molecule has 1 fully saturated rings. The summed E-state index contributed by atoms with van der Waals surface area (Å²) in [6.07, 6.45) is -5.18. The van der Waals surface area contributed by atoms with Crippen molar-refractivity contribution in [1.82, 2.24) is 0 Å². The number of aryl methyl sites for hydroxylation is 1. The molecule has 1 saturated heterocycles. The van der Waals surface area contributed by atoms with E-state index in [2.05, 4.69) is 0 Å². The minimum atomic E-state index is -3.52. The van der Waals surface area contributed by atoms with Crippen molar-refractivity contribution in [2.75, 3.05) is 19.8 Å². The van der Waals surface area contributed by atoms with Gasteiger partial charge >= 0.3 is 5.92 Å². The third-order valence-electron chi connectivity index (χ3n) is 10.7. The molecule has 2 aliphatic rings. The van der Waals surface area contributed by atoms with Gasteiger partial charge in [0.25, 0.3) is 0 Å². The number of alkyl halides is 2. The molecule has 2 aliphatic heterocycles. The highest BCUT2D eigenvalue weighted by molar-refractivity contribution is 5.49. The zero-order valence-corrected chi connectivity index (χ0v) is 33.0. The zero-order chi connectivity index (χ0) is 40.4. The average molecular weight is 799 g/mol. The van der Waals surface area contributed by atoms with E-state index < -0.39 is 30.3 Å². The minimum Gasteiger partial charge on any atom is -0.489 e. The predicted octanol–water partition coefficient (Wildman–Crippen LogP) is 10.4. The average Bonchev–Trinajstić information content (AvgIpc) is 3.27. The van der Waals surface area contributed by atoms with Crippen LogP contribution in [0, 0.1) is 6.92 Å². The van der Waals surface area contributed by atoms with Crippen molar-refractivity contribution in [2.45, 2.75) is 70.1 Å². The first-order chi connectivity index (χ1) is 28.9. The Balaban J connectivity index is 1.20. The van der Waals surface area contributed by atoms with Gasteiger partial charge < -0.3 is 33.2 Å². The summed E-state index contributed by atoms with van der Waals surface area (Å²) >= 11 is 0. The number of ether oxygens (including phenoxy) is 7. The van der Waals surface area contributed by atoms with Gasteiger partial charge in [0.1, 0.15) is 43.9 Å². The summed E-state index contributed by atoms with van der Waals surface area (Å²) in [6.45, 7) is 3.01. The number of hydrogen-bond donors (Lipinski definition) is 0. The van der Waals surface area contributed by atoms with Gasteiger partial charge in [0.15, 0.2) is 17.6 Å². The number of fused-ring (bicyclic) bond motifs is 1. The summed E-state index contributed by atoms with van der Waals surface area (Å²) in [5.74, 6) is -1.61. The highest BCUT2D eigenvalue weighted by atomic mass is 19.3. The minimum absolute atomic E-state index is 0.0535. The van der Waals surface area contributed by atoms with Crippen LogP contribution in [0.4, 0.5) is 8.78 Å². The van der Waals surface area contributed by atoms with Crippen molar-refractivity contribution in [3.63, 3.8) is 0 Å². The first kappa shape index (κ1) is 40.2. The molecular weight excluding hydrogens is 751 g/mol. The molecule has 0 spiro atoms. The normalized spacial score (nSPS) is 19.6. The molecule has 0 N–H and O–H groups in total. The zero-order valence-electron chi connectivity index (χ0n) is 33.0. The van der Waals surface area contributed by atoms with E-state index in [4.69, 9.17) is 33.2 Å². The van der Waals surface area contributed by atoms with Crippen LogP contribution in [0.25, 0.3) is 0 Å². The van der Waals surface area contributed by atoms with E-state index in [9.17, 15) is 0 Å². The molecule has 0 amide bonds. The van der Waals surface area contributed by atoms with E-state index >= 15 is 8.78 Å². The van der Waals surface area contributed by atoms with Gasteiger partial charge in [-0.2, -0.15) is 0 Å². The van der Waals surface area contributed by atoms with Crippen molar-refractivity contribution in [1.29, 1.82) is 0 Å². The third-order valence-corrected chi connectivity index (χ3v) is 10.7. The lowest BCUT2D eigenvalue weighted by atomic mass is 9.87. The maximum Gasteiger partial charge on any atom is 0.304 e. The number of benzene rings is 6. The maximum absolute atomic E-state index is 17.2. The Labute approximate surface area is 344 Å². The molecule has 6 aromatic carbocycles. The topological polar surface area (TPSA) is 64.6 Å². The Morgan fingerprint density at radius 3 is 1.78 bits per heavy atom. The second kappa shape index (κ2) is 19.0.